The number of oxime groups is 1. The first-order valence-corrected chi connectivity index (χ1v) is 1.75. The summed E-state index contributed by atoms with van der Waals surface area (Å²) in [6.45, 7) is 3.72. The Morgan fingerprint density at radius 2 is 2.17 bits per heavy atom. The van der Waals surface area contributed by atoms with Gasteiger partial charge in [0.2, 0.25) is 0 Å². The Hall–Kier alpha value is -0.530. The molecule has 0 bridgehead atoms. The molecule has 1 N–H and O–H groups in total. The molecule has 0 spiro atoms. The molecule has 35 valence electrons. The van der Waals surface area contributed by atoms with Gasteiger partial charge in [-0.2, -0.15) is 0 Å². The summed E-state index contributed by atoms with van der Waals surface area (Å²) in [5.41, 5.74) is 0. The van der Waals surface area contributed by atoms with Crippen LogP contribution in [0.5, 0.6) is 0 Å². The summed E-state index contributed by atoms with van der Waals surface area (Å²) in [5.74, 6) is 0.998. The third kappa shape index (κ3) is 3.47. The van der Waals surface area contributed by atoms with Crippen molar-refractivity contribution in [3.63, 3.8) is 0 Å². The third-order valence-electron chi connectivity index (χ3n) is 0.316. The summed E-state index contributed by atoms with van der Waals surface area (Å²) in [7, 11) is 0. The Bertz CT molecular complexity index is 49.5. The average Bonchev–Trinajstić information content (AvgIpc) is 1.35. The zero-order chi connectivity index (χ0) is 4.99. The van der Waals surface area contributed by atoms with Crippen molar-refractivity contribution in [3.8, 4) is 0 Å². The van der Waals surface area contributed by atoms with Gasteiger partial charge in [0.15, 0.2) is 0 Å². The summed E-state index contributed by atoms with van der Waals surface area (Å²) >= 11 is 0. The number of rotatable bonds is 1. The van der Waals surface area contributed by atoms with Crippen LogP contribution in [0.15, 0.2) is 5.16 Å². The quantitative estimate of drug-likeness (QED) is 0.289. The maximum absolute atomic E-state index is 7.79. The number of nitrogens with zero attached hydrogens (tertiary/aromatic N) is 1. The van der Waals surface area contributed by atoms with Crippen molar-refractivity contribution in [2.24, 2.45) is 5.16 Å². The highest BCUT2D eigenvalue weighted by molar-refractivity contribution is 5.71. The molecule has 0 aromatic heterocycles. The van der Waals surface area contributed by atoms with Crippen LogP contribution in [0.25, 0.3) is 0 Å². The van der Waals surface area contributed by atoms with E-state index in [1.165, 1.54) is 6.21 Å². The monoisotopic (exact) mass is 86.1 g/mol. The van der Waals surface area contributed by atoms with E-state index < -0.39 is 0 Å². The number of hydrogen-bond acceptors (Lipinski definition) is 2. The molecule has 0 saturated heterocycles. The molecule has 0 aliphatic heterocycles. The predicted molar refractivity (Wildman–Crippen MR) is 24.9 cm³/mol. The van der Waals surface area contributed by atoms with Crippen molar-refractivity contribution in [3.05, 3.63) is 5.92 Å². The predicted octanol–water partition coefficient (Wildman–Crippen LogP) is 1.06. The van der Waals surface area contributed by atoms with E-state index in [9.17, 15) is 0 Å². The van der Waals surface area contributed by atoms with Gasteiger partial charge < -0.3 is 5.21 Å². The molecule has 0 heterocycles. The minimum atomic E-state index is 0.998. The summed E-state index contributed by atoms with van der Waals surface area (Å²) < 4.78 is 0. The molecule has 0 aliphatic carbocycles. The molecule has 0 aromatic carbocycles. The fourth-order valence-electron chi connectivity index (χ4n) is 0.115. The summed E-state index contributed by atoms with van der Waals surface area (Å²) in [4.78, 5) is 0. The van der Waals surface area contributed by atoms with E-state index in [-0.39, 0.29) is 0 Å². The fourth-order valence-corrected chi connectivity index (χ4v) is 0.115. The van der Waals surface area contributed by atoms with E-state index in [0.29, 0.717) is 0 Å². The van der Waals surface area contributed by atoms with Gasteiger partial charge in [0.1, 0.15) is 0 Å². The van der Waals surface area contributed by atoms with E-state index in [1.54, 1.807) is 0 Å². The normalized spacial score (nSPS) is 11.2. The molecule has 0 aromatic rings. The van der Waals surface area contributed by atoms with E-state index in [4.69, 9.17) is 5.21 Å². The largest absolute Gasteiger partial charge is 0.411 e. The molecule has 0 saturated carbocycles. The molecular formula is C4H8NO. The summed E-state index contributed by atoms with van der Waals surface area (Å²) in [6.07, 6.45) is 1.39. The Morgan fingerprint density at radius 1 is 1.67 bits per heavy atom. The van der Waals surface area contributed by atoms with Gasteiger partial charge in [-0.05, 0) is 0 Å². The zero-order valence-corrected chi connectivity index (χ0v) is 3.97. The average molecular weight is 86.1 g/mol. The molecule has 2 nitrogen and oxygen atoms in total. The first kappa shape index (κ1) is 5.47. The van der Waals surface area contributed by atoms with Crippen molar-refractivity contribution in [1.82, 2.24) is 0 Å². The van der Waals surface area contributed by atoms with Crippen molar-refractivity contribution in [2.45, 2.75) is 13.8 Å². The Morgan fingerprint density at radius 3 is 2.17 bits per heavy atom. The molecule has 0 rings (SSSR count). The van der Waals surface area contributed by atoms with Gasteiger partial charge in [0, 0.05) is 5.92 Å². The Balaban J connectivity index is 3.03. The summed E-state index contributed by atoms with van der Waals surface area (Å²) in [5, 5.41) is 10.6. The zero-order valence-electron chi connectivity index (χ0n) is 3.97. The molecular weight excluding hydrogens is 78.0 g/mol. The SMILES string of the molecule is C[C](C)/C=N/O. The van der Waals surface area contributed by atoms with Gasteiger partial charge in [-0.15, -0.1) is 5.16 Å². The molecule has 0 amide bonds. The lowest BCUT2D eigenvalue weighted by molar-refractivity contribution is 0.321. The maximum Gasteiger partial charge on any atom is 0.0501 e. The van der Waals surface area contributed by atoms with Crippen LogP contribution < -0.4 is 0 Å². The van der Waals surface area contributed by atoms with Crippen molar-refractivity contribution in [1.29, 1.82) is 0 Å². The molecule has 6 heavy (non-hydrogen) atoms. The van der Waals surface area contributed by atoms with E-state index in [0.717, 1.165) is 5.92 Å². The standard InChI is InChI=1S/C4H8NO/c1-4(2)3-5-6/h3,6H,1-2H3/b5-3+. The first-order chi connectivity index (χ1) is 2.77. The highest BCUT2D eigenvalue weighted by atomic mass is 16.4. The van der Waals surface area contributed by atoms with Crippen LogP contribution in [-0.4, -0.2) is 11.4 Å². The Kier molecular flexibility index (Phi) is 2.46. The Labute approximate surface area is 37.5 Å². The number of hydrogen-bond donors (Lipinski definition) is 1. The van der Waals surface area contributed by atoms with E-state index >= 15 is 0 Å². The third-order valence-corrected chi connectivity index (χ3v) is 0.316. The second kappa shape index (κ2) is 2.69. The minimum Gasteiger partial charge on any atom is -0.411 e. The van der Waals surface area contributed by atoms with E-state index in [2.05, 4.69) is 5.16 Å². The van der Waals surface area contributed by atoms with E-state index in [1.807, 2.05) is 13.8 Å². The first-order valence-electron chi connectivity index (χ1n) is 1.75. The second-order valence-electron chi connectivity index (χ2n) is 1.32. The molecule has 1 radical (unpaired) electrons. The van der Waals surface area contributed by atoms with Crippen molar-refractivity contribution < 1.29 is 5.21 Å². The summed E-state index contributed by atoms with van der Waals surface area (Å²) in [6, 6.07) is 0. The van der Waals surface area contributed by atoms with Gasteiger partial charge in [0.25, 0.3) is 0 Å². The highest BCUT2D eigenvalue weighted by Gasteiger charge is 1.80. The van der Waals surface area contributed by atoms with Gasteiger partial charge in [-0.25, -0.2) is 0 Å². The van der Waals surface area contributed by atoms with Gasteiger partial charge >= 0.3 is 0 Å². The van der Waals surface area contributed by atoms with Crippen LogP contribution in [0.1, 0.15) is 13.8 Å². The lowest BCUT2D eigenvalue weighted by atomic mass is 10.3. The molecule has 0 atom stereocenters. The van der Waals surface area contributed by atoms with Gasteiger partial charge in [-0.1, -0.05) is 13.8 Å². The lowest BCUT2D eigenvalue weighted by Crippen LogP contribution is -1.81. The lowest BCUT2D eigenvalue weighted by Gasteiger charge is -1.83. The van der Waals surface area contributed by atoms with Crippen LogP contribution in [0, 0.1) is 5.92 Å². The van der Waals surface area contributed by atoms with Crippen LogP contribution in [0.3, 0.4) is 0 Å². The molecule has 2 heteroatoms. The molecule has 0 fully saturated rings. The topological polar surface area (TPSA) is 32.6 Å². The van der Waals surface area contributed by atoms with Crippen LogP contribution in [-0.2, 0) is 0 Å². The second-order valence-corrected chi connectivity index (χ2v) is 1.32. The highest BCUT2D eigenvalue weighted by Crippen LogP contribution is 1.85. The molecule has 0 unspecified atom stereocenters. The van der Waals surface area contributed by atoms with Crippen molar-refractivity contribution in [2.75, 3.05) is 0 Å². The van der Waals surface area contributed by atoms with Crippen LogP contribution >= 0.6 is 0 Å². The van der Waals surface area contributed by atoms with Crippen LogP contribution in [0.2, 0.25) is 0 Å². The fraction of sp³-hybridized carbons (Fsp3) is 0.500. The van der Waals surface area contributed by atoms with Gasteiger partial charge in [-0.3, -0.25) is 0 Å². The molecule has 0 aliphatic rings. The van der Waals surface area contributed by atoms with Gasteiger partial charge in [0.05, 0.1) is 6.21 Å². The van der Waals surface area contributed by atoms with Crippen molar-refractivity contribution >= 4 is 6.21 Å². The van der Waals surface area contributed by atoms with Crippen LogP contribution in [0.4, 0.5) is 0 Å². The minimum absolute atomic E-state index is 0.998. The smallest absolute Gasteiger partial charge is 0.0501 e. The maximum atomic E-state index is 7.79.